The molecule has 5 aromatic rings. The Morgan fingerprint density at radius 1 is 1.06 bits per heavy atom. The highest BCUT2D eigenvalue weighted by Gasteiger charge is 2.19. The first-order valence-corrected chi connectivity index (χ1v) is 11.0. The van der Waals surface area contributed by atoms with E-state index in [9.17, 15) is 9.90 Å². The molecule has 6 heteroatoms. The van der Waals surface area contributed by atoms with Gasteiger partial charge in [-0.05, 0) is 36.8 Å². The molecule has 0 aliphatic carbocycles. The number of benzene rings is 3. The van der Waals surface area contributed by atoms with Gasteiger partial charge in [0.2, 0.25) is 0 Å². The van der Waals surface area contributed by atoms with E-state index in [0.717, 1.165) is 27.6 Å². The average molecular weight is 457 g/mol. The minimum absolute atomic E-state index is 0.257. The largest absolute Gasteiger partial charge is 0.480 e. The number of nitrogens with zero attached hydrogens (tertiary/aromatic N) is 1. The number of hydrogen-bond donors (Lipinski definition) is 2. The van der Waals surface area contributed by atoms with Crippen LogP contribution < -0.4 is 5.36 Å². The van der Waals surface area contributed by atoms with E-state index in [1.807, 2.05) is 61.7 Å². The van der Waals surface area contributed by atoms with Crippen LogP contribution in [0.2, 0.25) is 5.02 Å². The zero-order valence-electron chi connectivity index (χ0n) is 17.9. The third-order valence-electron chi connectivity index (χ3n) is 5.71. The van der Waals surface area contributed by atoms with Crippen molar-refractivity contribution in [2.75, 3.05) is 0 Å². The van der Waals surface area contributed by atoms with Crippen molar-refractivity contribution in [1.82, 2.24) is 4.98 Å². The van der Waals surface area contributed by atoms with Crippen molar-refractivity contribution in [2.24, 2.45) is 4.99 Å². The number of H-pyrrole nitrogens is 1. The van der Waals surface area contributed by atoms with Gasteiger partial charge in [-0.25, -0.2) is 4.79 Å². The maximum absolute atomic E-state index is 12.2. The van der Waals surface area contributed by atoms with E-state index in [2.05, 4.69) is 9.98 Å². The number of aliphatic carboxylic acids is 1. The minimum Gasteiger partial charge on any atom is -0.480 e. The Morgan fingerprint density at radius 3 is 2.64 bits per heavy atom. The molecule has 0 fully saturated rings. The number of carbonyl (C=O) groups is 1. The lowest BCUT2D eigenvalue weighted by atomic mass is 10.0. The highest BCUT2D eigenvalue weighted by atomic mass is 35.5. The number of nitrogens with one attached hydrogen (secondary N) is 1. The van der Waals surface area contributed by atoms with Gasteiger partial charge in [-0.15, -0.1) is 0 Å². The fourth-order valence-electron chi connectivity index (χ4n) is 3.97. The molecule has 0 radical (unpaired) electrons. The first kappa shape index (κ1) is 21.0. The molecule has 5 rings (SSSR count). The molecule has 3 aromatic carbocycles. The molecule has 2 aromatic heterocycles. The SMILES string of the molecule is Cc1ccc(-c2cc(=N[C@@H](Cc3c[nH]c4ccccc34)C(=O)O)c3cc(Cl)ccc3o2)cc1. The Balaban J connectivity index is 1.66. The van der Waals surface area contributed by atoms with E-state index < -0.39 is 12.0 Å². The Morgan fingerprint density at radius 2 is 1.85 bits per heavy atom. The highest BCUT2D eigenvalue weighted by molar-refractivity contribution is 6.31. The molecule has 164 valence electrons. The maximum Gasteiger partial charge on any atom is 0.328 e. The molecule has 0 aliphatic rings. The van der Waals surface area contributed by atoms with Crippen molar-refractivity contribution < 1.29 is 14.3 Å². The van der Waals surface area contributed by atoms with E-state index in [-0.39, 0.29) is 6.42 Å². The third-order valence-corrected chi connectivity index (χ3v) is 5.94. The molecule has 0 aliphatic heterocycles. The molecule has 0 spiro atoms. The first-order valence-electron chi connectivity index (χ1n) is 10.6. The summed E-state index contributed by atoms with van der Waals surface area (Å²) in [5, 5.41) is 12.7. The summed E-state index contributed by atoms with van der Waals surface area (Å²) in [4.78, 5) is 20.1. The molecule has 0 saturated heterocycles. The second kappa shape index (κ2) is 8.60. The normalized spacial score (nSPS) is 13.0. The summed E-state index contributed by atoms with van der Waals surface area (Å²) in [5.41, 5.74) is 4.49. The van der Waals surface area contributed by atoms with Crippen LogP contribution in [0.1, 0.15) is 11.1 Å². The topological polar surface area (TPSA) is 78.6 Å². The van der Waals surface area contributed by atoms with Crippen LogP contribution in [0.5, 0.6) is 0 Å². The number of rotatable bonds is 5. The summed E-state index contributed by atoms with van der Waals surface area (Å²) < 4.78 is 6.12. The summed E-state index contributed by atoms with van der Waals surface area (Å²) >= 11 is 6.24. The van der Waals surface area contributed by atoms with Crippen molar-refractivity contribution in [2.45, 2.75) is 19.4 Å². The van der Waals surface area contributed by atoms with Gasteiger partial charge >= 0.3 is 5.97 Å². The molecule has 5 nitrogen and oxygen atoms in total. The summed E-state index contributed by atoms with van der Waals surface area (Å²) in [6.07, 6.45) is 2.11. The van der Waals surface area contributed by atoms with Crippen LogP contribution in [0, 0.1) is 6.92 Å². The standard InChI is InChI=1S/C27H21ClN2O3/c1-16-6-8-17(9-7-16)26-14-23(21-13-19(28)10-11-25(21)33-26)30-24(27(31)32)12-18-15-29-22-5-3-2-4-20(18)22/h2-11,13-15,24,29H,12H2,1H3,(H,31,32)/t24-/m0/s1. The first-order chi connectivity index (χ1) is 16.0. The number of aromatic amines is 1. The maximum atomic E-state index is 12.2. The highest BCUT2D eigenvalue weighted by Crippen LogP contribution is 2.25. The van der Waals surface area contributed by atoms with Crippen LogP contribution >= 0.6 is 11.6 Å². The van der Waals surface area contributed by atoms with Gasteiger partial charge in [-0.2, -0.15) is 0 Å². The Labute approximate surface area is 195 Å². The quantitative estimate of drug-likeness (QED) is 0.333. The van der Waals surface area contributed by atoms with Crippen LogP contribution in [0.25, 0.3) is 33.2 Å². The number of carboxylic acid groups (broad SMARTS) is 1. The summed E-state index contributed by atoms with van der Waals surface area (Å²) in [7, 11) is 0. The molecule has 1 atom stereocenters. The summed E-state index contributed by atoms with van der Waals surface area (Å²) in [6, 6.07) is 21.9. The van der Waals surface area contributed by atoms with Gasteiger partial charge in [0.1, 0.15) is 11.3 Å². The molecule has 2 heterocycles. The smallest absolute Gasteiger partial charge is 0.328 e. The molecule has 0 amide bonds. The number of fused-ring (bicyclic) bond motifs is 2. The Kier molecular flexibility index (Phi) is 5.48. The summed E-state index contributed by atoms with van der Waals surface area (Å²) in [6.45, 7) is 2.02. The number of para-hydroxylation sites is 1. The fourth-order valence-corrected chi connectivity index (χ4v) is 4.15. The van der Waals surface area contributed by atoms with Crippen molar-refractivity contribution in [1.29, 1.82) is 0 Å². The molecular weight excluding hydrogens is 436 g/mol. The number of aryl methyl sites for hydroxylation is 1. The predicted octanol–water partition coefficient (Wildman–Crippen LogP) is 6.14. The van der Waals surface area contributed by atoms with Crippen LogP contribution in [0.15, 0.2) is 88.4 Å². The molecule has 0 unspecified atom stereocenters. The monoisotopic (exact) mass is 456 g/mol. The lowest BCUT2D eigenvalue weighted by Gasteiger charge is -2.09. The zero-order chi connectivity index (χ0) is 22.9. The van der Waals surface area contributed by atoms with Gasteiger partial charge in [0.25, 0.3) is 0 Å². The van der Waals surface area contributed by atoms with Crippen molar-refractivity contribution in [3.63, 3.8) is 0 Å². The van der Waals surface area contributed by atoms with Gasteiger partial charge in [0.05, 0.1) is 5.36 Å². The van der Waals surface area contributed by atoms with Crippen LogP contribution in [0.3, 0.4) is 0 Å². The average Bonchev–Trinajstić information content (AvgIpc) is 3.22. The lowest BCUT2D eigenvalue weighted by molar-refractivity contribution is -0.138. The van der Waals surface area contributed by atoms with Gasteiger partial charge in [-0.3, -0.25) is 4.99 Å². The van der Waals surface area contributed by atoms with Crippen LogP contribution in [0.4, 0.5) is 0 Å². The third kappa shape index (κ3) is 4.28. The second-order valence-corrected chi connectivity index (χ2v) is 8.49. The second-order valence-electron chi connectivity index (χ2n) is 8.05. The zero-order valence-corrected chi connectivity index (χ0v) is 18.6. The molecule has 33 heavy (non-hydrogen) atoms. The minimum atomic E-state index is -0.992. The lowest BCUT2D eigenvalue weighted by Crippen LogP contribution is -2.24. The van der Waals surface area contributed by atoms with Gasteiger partial charge in [0, 0.05) is 45.6 Å². The predicted molar refractivity (Wildman–Crippen MR) is 130 cm³/mol. The van der Waals surface area contributed by atoms with E-state index in [0.29, 0.717) is 27.1 Å². The fraction of sp³-hybridized carbons (Fsp3) is 0.111. The molecule has 0 saturated carbocycles. The van der Waals surface area contributed by atoms with E-state index in [4.69, 9.17) is 16.0 Å². The van der Waals surface area contributed by atoms with Gasteiger partial charge in [-0.1, -0.05) is 59.6 Å². The summed E-state index contributed by atoms with van der Waals surface area (Å²) in [5.74, 6) is -0.382. The molecule has 2 N–H and O–H groups in total. The van der Waals surface area contributed by atoms with Crippen molar-refractivity contribution in [3.05, 3.63) is 101 Å². The molecular formula is C27H21ClN2O3. The Hall–Kier alpha value is -3.83. The number of halogens is 1. The Bertz CT molecular complexity index is 1550. The number of hydrogen-bond acceptors (Lipinski definition) is 3. The van der Waals surface area contributed by atoms with E-state index in [1.165, 1.54) is 0 Å². The van der Waals surface area contributed by atoms with Crippen molar-refractivity contribution >= 4 is 39.4 Å². The van der Waals surface area contributed by atoms with Crippen LogP contribution in [-0.2, 0) is 11.2 Å². The van der Waals surface area contributed by atoms with Crippen LogP contribution in [-0.4, -0.2) is 22.1 Å². The molecule has 0 bridgehead atoms. The van der Waals surface area contributed by atoms with E-state index in [1.54, 1.807) is 24.3 Å². The van der Waals surface area contributed by atoms with Gasteiger partial charge in [0.15, 0.2) is 6.04 Å². The number of carboxylic acids is 1. The number of aromatic nitrogens is 1. The van der Waals surface area contributed by atoms with Crippen molar-refractivity contribution in [3.8, 4) is 11.3 Å². The van der Waals surface area contributed by atoms with E-state index >= 15 is 0 Å². The van der Waals surface area contributed by atoms with Gasteiger partial charge < -0.3 is 14.5 Å².